The summed E-state index contributed by atoms with van der Waals surface area (Å²) in [6, 6.07) is 19.3. The number of benzene rings is 3. The topological polar surface area (TPSA) is 90.7 Å². The van der Waals surface area contributed by atoms with Crippen molar-refractivity contribution >= 4 is 33.2 Å². The predicted molar refractivity (Wildman–Crippen MR) is 190 cm³/mol. The number of piperidine rings is 1. The molecule has 0 radical (unpaired) electrons. The summed E-state index contributed by atoms with van der Waals surface area (Å²) < 4.78 is 48.3. The minimum Gasteiger partial charge on any atom is -0.493 e. The van der Waals surface area contributed by atoms with Gasteiger partial charge in [0, 0.05) is 48.3 Å². The number of pyridine rings is 3. The average molecular weight is 678 g/mol. The first-order chi connectivity index (χ1) is 24.4. The Balaban J connectivity index is 1.07. The molecule has 0 spiro atoms. The normalized spacial score (nSPS) is 13.4. The molecule has 9 nitrogen and oxygen atoms in total. The molecule has 11 heteroatoms. The first kappa shape index (κ1) is 33.0. The Morgan fingerprint density at radius 1 is 0.840 bits per heavy atom. The monoisotopic (exact) mass is 677 g/mol. The standard InChI is InChI=1S/C39H37F2N5O4/c1-48-35-23-30-32(24-36(35)49-21-5-19-45-17-3-2-4-18-45)42-16-13-33(30)50-34-11-10-29(22-31(34)41)44-38-37-27(12-15-43-38)14-20-46(39(37)47)25-26-6-8-28(40)9-7-26/h6-16,20,22-24H,2-5,17-19,21,25H2,1H3,(H,43,44). The highest BCUT2D eigenvalue weighted by Gasteiger charge is 2.16. The highest BCUT2D eigenvalue weighted by Crippen LogP contribution is 2.38. The predicted octanol–water partition coefficient (Wildman–Crippen LogP) is 8.07. The van der Waals surface area contributed by atoms with Crippen LogP contribution in [0.15, 0.2) is 96.2 Å². The largest absolute Gasteiger partial charge is 0.493 e. The molecule has 1 aliphatic heterocycles. The fourth-order valence-electron chi connectivity index (χ4n) is 6.29. The van der Waals surface area contributed by atoms with Crippen molar-refractivity contribution in [2.45, 2.75) is 32.2 Å². The maximum absolute atomic E-state index is 15.5. The van der Waals surface area contributed by atoms with Gasteiger partial charge in [0.1, 0.15) is 17.4 Å². The van der Waals surface area contributed by atoms with Crippen LogP contribution in [0.5, 0.6) is 23.0 Å². The van der Waals surface area contributed by atoms with Gasteiger partial charge in [-0.15, -0.1) is 0 Å². The fourth-order valence-corrected chi connectivity index (χ4v) is 6.29. The molecule has 1 saturated heterocycles. The lowest BCUT2D eigenvalue weighted by atomic mass is 10.1. The van der Waals surface area contributed by atoms with Crippen LogP contribution < -0.4 is 25.1 Å². The van der Waals surface area contributed by atoms with Crippen LogP contribution in [-0.2, 0) is 6.54 Å². The fraction of sp³-hybridized carbons (Fsp3) is 0.256. The number of methoxy groups -OCH3 is 1. The zero-order valence-electron chi connectivity index (χ0n) is 27.7. The average Bonchev–Trinajstić information content (AvgIpc) is 3.13. The summed E-state index contributed by atoms with van der Waals surface area (Å²) in [4.78, 5) is 24.9. The van der Waals surface area contributed by atoms with Crippen LogP contribution in [0.4, 0.5) is 20.3 Å². The third-order valence-electron chi connectivity index (χ3n) is 8.88. The molecule has 4 heterocycles. The van der Waals surface area contributed by atoms with Gasteiger partial charge in [0.05, 0.1) is 31.2 Å². The van der Waals surface area contributed by atoms with Gasteiger partial charge in [-0.25, -0.2) is 13.8 Å². The lowest BCUT2D eigenvalue weighted by molar-refractivity contribution is 0.203. The number of aromatic nitrogens is 3. The van der Waals surface area contributed by atoms with Gasteiger partial charge in [0.2, 0.25) is 0 Å². The van der Waals surface area contributed by atoms with E-state index in [0.717, 1.165) is 31.6 Å². The molecule has 7 rings (SSSR count). The molecule has 0 atom stereocenters. The molecule has 0 saturated carbocycles. The van der Waals surface area contributed by atoms with E-state index in [2.05, 4.69) is 20.2 Å². The number of nitrogens with zero attached hydrogens (tertiary/aromatic N) is 4. The van der Waals surface area contributed by atoms with Crippen LogP contribution in [0.3, 0.4) is 0 Å². The van der Waals surface area contributed by atoms with Crippen molar-refractivity contribution < 1.29 is 23.0 Å². The van der Waals surface area contributed by atoms with Gasteiger partial charge in [-0.1, -0.05) is 18.6 Å². The lowest BCUT2D eigenvalue weighted by Crippen LogP contribution is -2.31. The Labute approximate surface area is 288 Å². The molecule has 50 heavy (non-hydrogen) atoms. The molecule has 256 valence electrons. The van der Waals surface area contributed by atoms with E-state index in [1.54, 1.807) is 62.1 Å². The minimum absolute atomic E-state index is 0.00703. The van der Waals surface area contributed by atoms with Crippen LogP contribution in [-0.4, -0.2) is 52.8 Å². The molecule has 1 aliphatic rings. The molecule has 0 unspecified atom stereocenters. The van der Waals surface area contributed by atoms with Crippen molar-refractivity contribution in [2.75, 3.05) is 38.7 Å². The van der Waals surface area contributed by atoms with E-state index in [1.807, 2.05) is 12.1 Å². The zero-order chi connectivity index (χ0) is 34.5. The first-order valence-electron chi connectivity index (χ1n) is 16.7. The number of fused-ring (bicyclic) bond motifs is 2. The summed E-state index contributed by atoms with van der Waals surface area (Å²) in [5.41, 5.74) is 1.50. The maximum Gasteiger partial charge on any atom is 0.262 e. The van der Waals surface area contributed by atoms with Crippen LogP contribution in [0.2, 0.25) is 0 Å². The van der Waals surface area contributed by atoms with E-state index in [0.29, 0.717) is 51.2 Å². The third-order valence-corrected chi connectivity index (χ3v) is 8.88. The summed E-state index contributed by atoms with van der Waals surface area (Å²) in [6.07, 6.45) is 9.61. The van der Waals surface area contributed by atoms with Crippen molar-refractivity contribution in [3.8, 4) is 23.0 Å². The van der Waals surface area contributed by atoms with Gasteiger partial charge < -0.3 is 29.0 Å². The highest BCUT2D eigenvalue weighted by molar-refractivity contribution is 5.92. The Morgan fingerprint density at radius 3 is 2.46 bits per heavy atom. The van der Waals surface area contributed by atoms with Gasteiger partial charge in [0.25, 0.3) is 5.56 Å². The van der Waals surface area contributed by atoms with Gasteiger partial charge in [-0.3, -0.25) is 9.78 Å². The van der Waals surface area contributed by atoms with Crippen LogP contribution in [0.1, 0.15) is 31.2 Å². The quantitative estimate of drug-likeness (QED) is 0.130. The molecule has 0 bridgehead atoms. The number of anilines is 2. The molecule has 0 aliphatic carbocycles. The number of hydrogen-bond donors (Lipinski definition) is 1. The van der Waals surface area contributed by atoms with Crippen molar-refractivity contribution in [3.05, 3.63) is 119 Å². The van der Waals surface area contributed by atoms with Gasteiger partial charge in [-0.2, -0.15) is 0 Å². The zero-order valence-corrected chi connectivity index (χ0v) is 27.7. The van der Waals surface area contributed by atoms with E-state index >= 15 is 4.39 Å². The summed E-state index contributed by atoms with van der Waals surface area (Å²) in [6.45, 7) is 4.11. The van der Waals surface area contributed by atoms with Crippen LogP contribution in [0, 0.1) is 11.6 Å². The van der Waals surface area contributed by atoms with Gasteiger partial charge in [-0.05, 0) is 91.8 Å². The molecular formula is C39H37F2N5O4. The van der Waals surface area contributed by atoms with Crippen molar-refractivity contribution in [2.24, 2.45) is 0 Å². The van der Waals surface area contributed by atoms with E-state index in [-0.39, 0.29) is 29.5 Å². The van der Waals surface area contributed by atoms with E-state index < -0.39 is 5.82 Å². The van der Waals surface area contributed by atoms with Gasteiger partial charge >= 0.3 is 0 Å². The van der Waals surface area contributed by atoms with E-state index in [1.165, 1.54) is 48.1 Å². The maximum atomic E-state index is 15.5. The second-order valence-electron chi connectivity index (χ2n) is 12.3. The Morgan fingerprint density at radius 2 is 1.66 bits per heavy atom. The number of likely N-dealkylation sites (tertiary alicyclic amines) is 1. The minimum atomic E-state index is -0.616. The third kappa shape index (κ3) is 7.37. The highest BCUT2D eigenvalue weighted by atomic mass is 19.1. The molecular weight excluding hydrogens is 640 g/mol. The molecule has 6 aromatic rings. The Hall–Kier alpha value is -5.55. The summed E-state index contributed by atoms with van der Waals surface area (Å²) in [5, 5.41) is 4.76. The summed E-state index contributed by atoms with van der Waals surface area (Å²) in [7, 11) is 1.58. The number of hydrogen-bond acceptors (Lipinski definition) is 8. The van der Waals surface area contributed by atoms with Crippen molar-refractivity contribution in [1.29, 1.82) is 0 Å². The molecule has 1 fully saturated rings. The van der Waals surface area contributed by atoms with Crippen LogP contribution >= 0.6 is 0 Å². The second-order valence-corrected chi connectivity index (χ2v) is 12.3. The molecule has 1 N–H and O–H groups in total. The summed E-state index contributed by atoms with van der Waals surface area (Å²) in [5.74, 6) is 0.859. The van der Waals surface area contributed by atoms with Crippen molar-refractivity contribution in [1.82, 2.24) is 19.4 Å². The summed E-state index contributed by atoms with van der Waals surface area (Å²) >= 11 is 0. The number of nitrogens with one attached hydrogen (secondary N) is 1. The second kappa shape index (κ2) is 14.9. The first-order valence-corrected chi connectivity index (χ1v) is 16.7. The van der Waals surface area contributed by atoms with E-state index in [9.17, 15) is 9.18 Å². The number of halogens is 2. The Bertz CT molecular complexity index is 2190. The van der Waals surface area contributed by atoms with Crippen LogP contribution in [0.25, 0.3) is 21.7 Å². The Kier molecular flexibility index (Phi) is 9.84. The smallest absolute Gasteiger partial charge is 0.262 e. The van der Waals surface area contributed by atoms with E-state index in [4.69, 9.17) is 14.2 Å². The van der Waals surface area contributed by atoms with Crippen molar-refractivity contribution in [3.63, 3.8) is 0 Å². The molecule has 0 amide bonds. The SMILES string of the molecule is COc1cc2c(Oc3ccc(Nc4nccc5ccn(Cc6ccc(F)cc6)c(=O)c45)cc3F)ccnc2cc1OCCCN1CCCCC1. The lowest BCUT2D eigenvalue weighted by Gasteiger charge is -2.26. The number of ether oxygens (including phenoxy) is 3. The number of rotatable bonds is 12. The van der Waals surface area contributed by atoms with Gasteiger partial charge in [0.15, 0.2) is 23.1 Å². The molecule has 3 aromatic heterocycles. The molecule has 3 aromatic carbocycles.